The normalized spacial score (nSPS) is 12.8. The minimum atomic E-state index is -0.846. The Morgan fingerprint density at radius 2 is 0.630 bits per heavy atom. The zero-order valence-corrected chi connectivity index (χ0v) is 54.5. The number of hydrogen-bond donors (Lipinski definition) is 3. The van der Waals surface area contributed by atoms with Crippen molar-refractivity contribution >= 4 is 11.9 Å². The molecule has 6 heteroatoms. The van der Waals surface area contributed by atoms with E-state index >= 15 is 0 Å². The second-order valence-corrected chi connectivity index (χ2v) is 24.9. The van der Waals surface area contributed by atoms with E-state index in [1.807, 2.05) is 6.08 Å². The van der Waals surface area contributed by atoms with Crippen LogP contribution in [0.3, 0.4) is 0 Å². The molecule has 0 bridgehead atoms. The van der Waals surface area contributed by atoms with Gasteiger partial charge >= 0.3 is 5.97 Å². The summed E-state index contributed by atoms with van der Waals surface area (Å²) in [5.41, 5.74) is 0. The number of rotatable bonds is 68. The lowest BCUT2D eigenvalue weighted by molar-refractivity contribution is -0.143. The van der Waals surface area contributed by atoms with Crippen LogP contribution < -0.4 is 5.32 Å². The zero-order chi connectivity index (χ0) is 58.5. The van der Waals surface area contributed by atoms with Crippen molar-refractivity contribution in [3.63, 3.8) is 0 Å². The third-order valence-corrected chi connectivity index (χ3v) is 16.8. The highest BCUT2D eigenvalue weighted by molar-refractivity contribution is 5.76. The largest absolute Gasteiger partial charge is 0.466 e. The van der Waals surface area contributed by atoms with E-state index in [0.717, 1.165) is 51.4 Å². The summed E-state index contributed by atoms with van der Waals surface area (Å²) in [6.07, 6.45) is 92.0. The first-order valence-corrected chi connectivity index (χ1v) is 36.4. The monoisotopic (exact) mass is 1140 g/mol. The van der Waals surface area contributed by atoms with Gasteiger partial charge in [0.25, 0.3) is 0 Å². The molecular weight excluding hydrogens is 995 g/mol. The first-order chi connectivity index (χ1) is 40.0. The quantitative estimate of drug-likeness (QED) is 0.0320. The van der Waals surface area contributed by atoms with Crippen LogP contribution in [0.15, 0.2) is 48.6 Å². The molecule has 0 radical (unpaired) electrons. The average molecular weight is 1140 g/mol. The molecule has 0 aliphatic carbocycles. The molecule has 0 heterocycles. The molecule has 0 aromatic heterocycles. The van der Waals surface area contributed by atoms with Crippen molar-refractivity contribution < 1.29 is 24.5 Å². The van der Waals surface area contributed by atoms with E-state index in [9.17, 15) is 19.8 Å². The number of ether oxygens (including phenoxy) is 1. The number of amides is 1. The summed E-state index contributed by atoms with van der Waals surface area (Å²) in [6, 6.07) is -0.629. The highest BCUT2D eigenvalue weighted by Gasteiger charge is 2.18. The maximum absolute atomic E-state index is 12.5. The highest BCUT2D eigenvalue weighted by atomic mass is 16.5. The number of aliphatic hydroxyl groups excluding tert-OH is 2. The van der Waals surface area contributed by atoms with Crippen molar-refractivity contribution in [2.24, 2.45) is 0 Å². The van der Waals surface area contributed by atoms with Gasteiger partial charge in [0.05, 0.1) is 25.4 Å². The van der Waals surface area contributed by atoms with E-state index in [4.69, 9.17) is 4.74 Å². The van der Waals surface area contributed by atoms with Gasteiger partial charge in [0, 0.05) is 12.8 Å². The molecule has 1 amide bonds. The molecule has 0 saturated heterocycles. The van der Waals surface area contributed by atoms with Crippen molar-refractivity contribution in [2.75, 3.05) is 13.2 Å². The zero-order valence-electron chi connectivity index (χ0n) is 54.5. The van der Waals surface area contributed by atoms with E-state index < -0.39 is 12.1 Å². The number of carbonyl (C=O) groups excluding carboxylic acids is 2. The first kappa shape index (κ1) is 78.8. The lowest BCUT2D eigenvalue weighted by atomic mass is 10.0. The van der Waals surface area contributed by atoms with Gasteiger partial charge in [-0.3, -0.25) is 9.59 Å². The predicted octanol–water partition coefficient (Wildman–Crippen LogP) is 23.6. The lowest BCUT2D eigenvalue weighted by Gasteiger charge is -2.20. The Bertz CT molecular complexity index is 1360. The number of esters is 1. The molecule has 476 valence electrons. The molecule has 2 atom stereocenters. The summed E-state index contributed by atoms with van der Waals surface area (Å²) >= 11 is 0. The van der Waals surface area contributed by atoms with E-state index in [0.29, 0.717) is 19.4 Å². The fraction of sp³-hybridized carbons (Fsp3) is 0.867. The molecule has 0 rings (SSSR count). The van der Waals surface area contributed by atoms with Crippen molar-refractivity contribution in [2.45, 2.75) is 405 Å². The molecule has 2 unspecified atom stereocenters. The summed E-state index contributed by atoms with van der Waals surface area (Å²) in [5, 5.41) is 23.3. The van der Waals surface area contributed by atoms with E-state index in [2.05, 4.69) is 55.6 Å². The smallest absolute Gasteiger partial charge is 0.305 e. The molecule has 0 aromatic rings. The van der Waals surface area contributed by atoms with Gasteiger partial charge in [0.2, 0.25) is 5.91 Å². The van der Waals surface area contributed by atoms with Gasteiger partial charge in [-0.2, -0.15) is 0 Å². The van der Waals surface area contributed by atoms with Gasteiger partial charge in [0.15, 0.2) is 0 Å². The van der Waals surface area contributed by atoms with Crippen LogP contribution in [-0.2, 0) is 14.3 Å². The molecule has 0 fully saturated rings. The number of hydrogen-bond acceptors (Lipinski definition) is 5. The Labute approximate surface area is 506 Å². The van der Waals surface area contributed by atoms with E-state index in [1.54, 1.807) is 6.08 Å². The SMILES string of the molecule is CCCC/C=C\CCCCCCCC(=O)OCCCCCCCCCCC/C=C\C/C=C\CCCCCCCCCCCCCCCCCC(=O)NC(CO)C(O)/C=C/CCCCCCCCCCCCCCCCCCCCCC. The summed E-state index contributed by atoms with van der Waals surface area (Å²) in [4.78, 5) is 24.5. The molecule has 0 saturated carbocycles. The van der Waals surface area contributed by atoms with Crippen LogP contribution in [0, 0.1) is 0 Å². The number of aliphatic hydroxyl groups is 2. The van der Waals surface area contributed by atoms with Crippen molar-refractivity contribution in [1.29, 1.82) is 0 Å². The Morgan fingerprint density at radius 1 is 0.346 bits per heavy atom. The second-order valence-electron chi connectivity index (χ2n) is 24.9. The Hall–Kier alpha value is -2.18. The van der Waals surface area contributed by atoms with Crippen LogP contribution in [0.1, 0.15) is 393 Å². The maximum atomic E-state index is 12.5. The number of carbonyl (C=O) groups is 2. The Kier molecular flexibility index (Phi) is 68.4. The van der Waals surface area contributed by atoms with Crippen LogP contribution in [0.2, 0.25) is 0 Å². The predicted molar refractivity (Wildman–Crippen MR) is 356 cm³/mol. The van der Waals surface area contributed by atoms with Crippen LogP contribution >= 0.6 is 0 Å². The van der Waals surface area contributed by atoms with Crippen molar-refractivity contribution in [3.8, 4) is 0 Å². The lowest BCUT2D eigenvalue weighted by Crippen LogP contribution is -2.45. The van der Waals surface area contributed by atoms with Gasteiger partial charge in [-0.25, -0.2) is 0 Å². The summed E-state index contributed by atoms with van der Waals surface area (Å²) in [7, 11) is 0. The molecular formula is C75H141NO5. The first-order valence-electron chi connectivity index (χ1n) is 36.4. The third-order valence-electron chi connectivity index (χ3n) is 16.8. The molecule has 3 N–H and O–H groups in total. The number of unbranched alkanes of at least 4 members (excludes halogenated alkanes) is 51. The van der Waals surface area contributed by atoms with E-state index in [-0.39, 0.29) is 18.5 Å². The van der Waals surface area contributed by atoms with Gasteiger partial charge < -0.3 is 20.3 Å². The minimum Gasteiger partial charge on any atom is -0.466 e. The van der Waals surface area contributed by atoms with Gasteiger partial charge in [-0.05, 0) is 83.5 Å². The maximum Gasteiger partial charge on any atom is 0.305 e. The molecule has 0 aliphatic rings. The molecule has 6 nitrogen and oxygen atoms in total. The summed E-state index contributed by atoms with van der Waals surface area (Å²) in [5.74, 6) is -0.0619. The fourth-order valence-corrected chi connectivity index (χ4v) is 11.2. The third kappa shape index (κ3) is 66.8. The van der Waals surface area contributed by atoms with Gasteiger partial charge in [-0.15, -0.1) is 0 Å². The Balaban J connectivity index is 3.43. The van der Waals surface area contributed by atoms with Gasteiger partial charge in [-0.1, -0.05) is 345 Å². The number of allylic oxidation sites excluding steroid dienone is 7. The topological polar surface area (TPSA) is 95.9 Å². The van der Waals surface area contributed by atoms with Crippen LogP contribution in [0.5, 0.6) is 0 Å². The second kappa shape index (κ2) is 70.3. The highest BCUT2D eigenvalue weighted by Crippen LogP contribution is 2.18. The standard InChI is InChI=1S/C75H141NO5/c1-3-5-7-9-11-13-15-16-17-18-19-20-32-35-38-41-44-48-51-55-59-63-67-73(78)72(71-77)76-74(79)68-64-60-56-52-49-45-42-39-36-33-30-28-26-24-22-21-23-25-27-29-31-34-37-40-43-46-50-54-58-62-66-70-81-75(80)69-65-61-57-53-47-14-12-10-8-6-4-2/h10,12,23,25,29,31,63,67,72-73,77-78H,3-9,11,13-22,24,26-28,30,32-62,64-66,68-71H2,1-2H3,(H,76,79)/b12-10-,25-23-,31-29-,67-63+. The van der Waals surface area contributed by atoms with E-state index in [1.165, 1.54) is 315 Å². The minimum absolute atomic E-state index is 0.00185. The summed E-state index contributed by atoms with van der Waals surface area (Å²) in [6.45, 7) is 4.89. The van der Waals surface area contributed by atoms with Gasteiger partial charge in [0.1, 0.15) is 0 Å². The average Bonchev–Trinajstić information content (AvgIpc) is 3.47. The molecule has 0 aliphatic heterocycles. The molecule has 81 heavy (non-hydrogen) atoms. The van der Waals surface area contributed by atoms with Crippen molar-refractivity contribution in [3.05, 3.63) is 48.6 Å². The molecule has 0 spiro atoms. The van der Waals surface area contributed by atoms with Crippen LogP contribution in [0.4, 0.5) is 0 Å². The van der Waals surface area contributed by atoms with Crippen LogP contribution in [0.25, 0.3) is 0 Å². The number of nitrogens with one attached hydrogen (secondary N) is 1. The molecule has 0 aromatic carbocycles. The Morgan fingerprint density at radius 3 is 0.988 bits per heavy atom. The summed E-state index contributed by atoms with van der Waals surface area (Å²) < 4.78 is 5.46. The van der Waals surface area contributed by atoms with Crippen LogP contribution in [-0.4, -0.2) is 47.4 Å². The van der Waals surface area contributed by atoms with Crippen molar-refractivity contribution in [1.82, 2.24) is 5.32 Å². The fourth-order valence-electron chi connectivity index (χ4n) is 11.2.